The lowest BCUT2D eigenvalue weighted by atomic mass is 10.1. The van der Waals surface area contributed by atoms with Gasteiger partial charge in [-0.1, -0.05) is 23.8 Å². The van der Waals surface area contributed by atoms with E-state index in [2.05, 4.69) is 16.3 Å². The Kier molecular flexibility index (Phi) is 8.05. The van der Waals surface area contributed by atoms with Gasteiger partial charge in [0.2, 0.25) is 11.9 Å². The summed E-state index contributed by atoms with van der Waals surface area (Å²) < 4.78 is 28.6. The number of hydrogen-bond acceptors (Lipinski definition) is 9. The molecule has 2 saturated heterocycles. The van der Waals surface area contributed by atoms with Crippen LogP contribution in [0.15, 0.2) is 45.5 Å². The highest BCUT2D eigenvalue weighted by Crippen LogP contribution is 2.28. The van der Waals surface area contributed by atoms with Gasteiger partial charge in [0.15, 0.2) is 26.8 Å². The summed E-state index contributed by atoms with van der Waals surface area (Å²) in [5.41, 5.74) is 6.79. The number of anilines is 2. The normalized spacial score (nSPS) is 21.5. The lowest BCUT2D eigenvalue weighted by Gasteiger charge is -2.32. The van der Waals surface area contributed by atoms with Crippen LogP contribution in [0.3, 0.4) is 0 Å². The number of carbonyl (C=O) groups is 2. The van der Waals surface area contributed by atoms with Gasteiger partial charge in [-0.2, -0.15) is 4.98 Å². The number of piperidine rings is 1. The Morgan fingerprint density at radius 3 is 2.59 bits per heavy atom. The molecule has 0 spiro atoms. The van der Waals surface area contributed by atoms with Gasteiger partial charge in [0.05, 0.1) is 18.0 Å². The summed E-state index contributed by atoms with van der Waals surface area (Å²) in [6.45, 7) is 1.17. The van der Waals surface area contributed by atoms with Gasteiger partial charge in [-0.25, -0.2) is 13.2 Å². The second kappa shape index (κ2) is 11.8. The van der Waals surface area contributed by atoms with Gasteiger partial charge in [0, 0.05) is 38.3 Å². The van der Waals surface area contributed by atoms with Gasteiger partial charge >= 0.3 is 5.69 Å². The summed E-state index contributed by atoms with van der Waals surface area (Å²) in [4.78, 5) is 60.9. The molecule has 2 aromatic heterocycles. The number of nitrogens with two attached hydrogens (primary N) is 1. The summed E-state index contributed by atoms with van der Waals surface area (Å²) in [6, 6.07) is 6.15. The van der Waals surface area contributed by atoms with E-state index in [9.17, 15) is 27.6 Å². The van der Waals surface area contributed by atoms with E-state index in [1.165, 1.54) is 29.3 Å². The van der Waals surface area contributed by atoms with Gasteiger partial charge in [-0.3, -0.25) is 23.5 Å². The molecule has 6 rings (SSSR count). The van der Waals surface area contributed by atoms with Crippen molar-refractivity contribution in [2.24, 2.45) is 12.8 Å². The number of allylic oxidation sites excluding steroid dienone is 2. The number of ketones is 1. The van der Waals surface area contributed by atoms with E-state index in [0.29, 0.717) is 25.5 Å². The molecule has 44 heavy (non-hydrogen) atoms. The Bertz CT molecular complexity index is 1900. The SMILES string of the molecule is Cn1c(=O)n(CC(=O)c2ccccc2NC(=O)C2CCCS2(=O)=O)c(=O)c2c1nc(N1CCCC(N)C1)n2CC1=CCCC1. The van der Waals surface area contributed by atoms with Gasteiger partial charge in [0.25, 0.3) is 5.56 Å². The van der Waals surface area contributed by atoms with E-state index in [0.717, 1.165) is 43.2 Å². The highest BCUT2D eigenvalue weighted by Gasteiger charge is 2.37. The predicted octanol–water partition coefficient (Wildman–Crippen LogP) is 1.33. The minimum Gasteiger partial charge on any atom is -0.341 e. The monoisotopic (exact) mass is 623 g/mol. The van der Waals surface area contributed by atoms with Crippen LogP contribution in [0.2, 0.25) is 0 Å². The summed E-state index contributed by atoms with van der Waals surface area (Å²) >= 11 is 0. The first-order valence-corrected chi connectivity index (χ1v) is 16.8. The smallest absolute Gasteiger partial charge is 0.332 e. The molecule has 0 radical (unpaired) electrons. The van der Waals surface area contributed by atoms with Gasteiger partial charge < -0.3 is 20.5 Å². The van der Waals surface area contributed by atoms with E-state index < -0.39 is 44.6 Å². The van der Waals surface area contributed by atoms with E-state index >= 15 is 0 Å². The number of nitrogens with zero attached hydrogens (tertiary/aromatic N) is 5. The molecule has 13 nitrogen and oxygen atoms in total. The van der Waals surface area contributed by atoms with E-state index in [1.807, 2.05) is 4.57 Å². The molecule has 2 fully saturated rings. The minimum absolute atomic E-state index is 0.0323. The Morgan fingerprint density at radius 2 is 1.89 bits per heavy atom. The Morgan fingerprint density at radius 1 is 1.09 bits per heavy atom. The number of Topliss-reactive ketones (excluding diaryl/α,β-unsaturated/α-hetero) is 1. The molecule has 3 N–H and O–H groups in total. The molecule has 0 saturated carbocycles. The summed E-state index contributed by atoms with van der Waals surface area (Å²) in [5, 5.41) is 1.41. The lowest BCUT2D eigenvalue weighted by Crippen LogP contribution is -2.44. The number of amides is 1. The molecule has 2 aliphatic heterocycles. The summed E-state index contributed by atoms with van der Waals surface area (Å²) in [7, 11) is -2.03. The van der Waals surface area contributed by atoms with Crippen molar-refractivity contribution in [1.29, 1.82) is 0 Å². The molecule has 2 atom stereocenters. The molecule has 4 heterocycles. The molecule has 1 aromatic carbocycles. The van der Waals surface area contributed by atoms with Gasteiger partial charge in [0.1, 0.15) is 5.25 Å². The first-order chi connectivity index (χ1) is 21.0. The molecular formula is C30H37N7O6S. The zero-order valence-corrected chi connectivity index (χ0v) is 25.5. The maximum absolute atomic E-state index is 14.1. The van der Waals surface area contributed by atoms with Crippen LogP contribution >= 0.6 is 0 Å². The second-order valence-electron chi connectivity index (χ2n) is 12.0. The van der Waals surface area contributed by atoms with Crippen molar-refractivity contribution in [2.45, 2.75) is 69.3 Å². The van der Waals surface area contributed by atoms with E-state index in [-0.39, 0.29) is 40.6 Å². The number of aromatic nitrogens is 4. The number of nitrogens with one attached hydrogen (secondary N) is 1. The first-order valence-electron chi connectivity index (χ1n) is 15.1. The van der Waals surface area contributed by atoms with Crippen molar-refractivity contribution in [1.82, 2.24) is 18.7 Å². The lowest BCUT2D eigenvalue weighted by molar-refractivity contribution is -0.115. The molecule has 1 amide bonds. The van der Waals surface area contributed by atoms with Crippen molar-refractivity contribution < 1.29 is 18.0 Å². The van der Waals surface area contributed by atoms with E-state index in [4.69, 9.17) is 10.7 Å². The molecule has 3 aromatic rings. The number of benzene rings is 1. The minimum atomic E-state index is -3.56. The van der Waals surface area contributed by atoms with Crippen LogP contribution in [-0.2, 0) is 34.8 Å². The van der Waals surface area contributed by atoms with Crippen molar-refractivity contribution in [3.05, 3.63) is 62.3 Å². The van der Waals surface area contributed by atoms with Crippen molar-refractivity contribution in [3.8, 4) is 0 Å². The fourth-order valence-electron chi connectivity index (χ4n) is 6.53. The standard InChI is InChI=1S/C30H37N7O6S/c1-34-26-25(36(16-19-8-2-3-9-19)29(33-26)35-14-6-10-20(31)17-35)28(40)37(30(34)41)18-23(38)21-11-4-5-12-22(21)32-27(39)24-13-7-15-44(24,42)43/h4-5,8,11-12,20,24H,2-3,6-7,9-10,13-18,31H2,1H3,(H,32,39). The van der Waals surface area contributed by atoms with Crippen LogP contribution in [0, 0.1) is 0 Å². The number of para-hydroxylation sites is 1. The third-order valence-corrected chi connectivity index (χ3v) is 11.0. The van der Waals surface area contributed by atoms with Crippen LogP contribution in [-0.4, -0.2) is 68.9 Å². The summed E-state index contributed by atoms with van der Waals surface area (Å²) in [5.74, 6) is -0.762. The molecule has 14 heteroatoms. The largest absolute Gasteiger partial charge is 0.341 e. The predicted molar refractivity (Wildman–Crippen MR) is 167 cm³/mol. The molecule has 3 aliphatic rings. The number of sulfone groups is 1. The zero-order valence-electron chi connectivity index (χ0n) is 24.7. The van der Waals surface area contributed by atoms with Crippen LogP contribution in [0.25, 0.3) is 11.2 Å². The van der Waals surface area contributed by atoms with Crippen LogP contribution < -0.4 is 27.2 Å². The maximum Gasteiger partial charge on any atom is 0.332 e. The quantitative estimate of drug-likeness (QED) is 0.277. The molecule has 0 bridgehead atoms. The van der Waals surface area contributed by atoms with Crippen LogP contribution in [0.5, 0.6) is 0 Å². The highest BCUT2D eigenvalue weighted by molar-refractivity contribution is 7.93. The van der Waals surface area contributed by atoms with Gasteiger partial charge in [-0.05, 0) is 57.1 Å². The number of aryl methyl sites for hydroxylation is 1. The van der Waals surface area contributed by atoms with Crippen molar-refractivity contribution >= 4 is 44.3 Å². The number of carbonyl (C=O) groups excluding carboxylic acids is 2. The molecule has 2 unspecified atom stereocenters. The number of rotatable bonds is 8. The van der Waals surface area contributed by atoms with Crippen LogP contribution in [0.1, 0.15) is 55.3 Å². The Hall–Kier alpha value is -4.04. The Balaban J connectivity index is 1.38. The molecule has 1 aliphatic carbocycles. The third-order valence-electron chi connectivity index (χ3n) is 8.86. The van der Waals surface area contributed by atoms with E-state index in [1.54, 1.807) is 12.1 Å². The summed E-state index contributed by atoms with van der Waals surface area (Å²) in [6.07, 6.45) is 7.46. The average molecular weight is 624 g/mol. The second-order valence-corrected chi connectivity index (χ2v) is 14.3. The number of fused-ring (bicyclic) bond motifs is 1. The molecular weight excluding hydrogens is 586 g/mol. The number of hydrogen-bond donors (Lipinski definition) is 2. The molecule has 234 valence electrons. The van der Waals surface area contributed by atoms with Gasteiger partial charge in [-0.15, -0.1) is 0 Å². The first kappa shape index (κ1) is 30.0. The Labute approximate surface area is 254 Å². The van der Waals surface area contributed by atoms with Crippen molar-refractivity contribution in [3.63, 3.8) is 0 Å². The highest BCUT2D eigenvalue weighted by atomic mass is 32.2. The fourth-order valence-corrected chi connectivity index (χ4v) is 8.29. The third kappa shape index (κ3) is 5.52. The number of imidazole rings is 1. The maximum atomic E-state index is 14.1. The topological polar surface area (TPSA) is 171 Å². The average Bonchev–Trinajstić information content (AvgIpc) is 3.73. The zero-order chi connectivity index (χ0) is 31.2. The fraction of sp³-hybridized carbons (Fsp3) is 0.500. The van der Waals surface area contributed by atoms with Crippen molar-refractivity contribution in [2.75, 3.05) is 29.1 Å². The van der Waals surface area contributed by atoms with Crippen LogP contribution in [0.4, 0.5) is 11.6 Å².